The molecular weight excluding hydrogens is 382 g/mol. The summed E-state index contributed by atoms with van der Waals surface area (Å²) in [4.78, 5) is 8.14. The third-order valence-corrected chi connectivity index (χ3v) is 6.64. The Morgan fingerprint density at radius 1 is 0.966 bits per heavy atom. The lowest BCUT2D eigenvalue weighted by atomic mass is 9.95. The Hall–Kier alpha value is -2.96. The van der Waals surface area contributed by atoms with Crippen LogP contribution in [0.1, 0.15) is 11.1 Å². The highest BCUT2D eigenvalue weighted by molar-refractivity contribution is 7.90. The van der Waals surface area contributed by atoms with Crippen molar-refractivity contribution in [3.63, 3.8) is 0 Å². The molecule has 4 aromatic rings. The number of aromatic nitrogens is 2. The van der Waals surface area contributed by atoms with Gasteiger partial charge < -0.3 is 10.3 Å². The standard InChI is InChI=1S/C23H21N3O2S/c1-29(27,28)20-4-2-3-16(10-20)19-11-21-22(14-26-23(21)25-13-19)17-6-5-15-7-8-24-12-18(15)9-17/h2-6,9-11,13-14,24H,7-8,12H2,1H3,(H,25,26). The number of rotatable bonds is 3. The first kappa shape index (κ1) is 18.1. The second-order valence-corrected chi connectivity index (χ2v) is 9.55. The number of sulfone groups is 1. The average Bonchev–Trinajstić information content (AvgIpc) is 3.16. The molecule has 0 atom stereocenters. The van der Waals surface area contributed by atoms with E-state index >= 15 is 0 Å². The molecule has 0 bridgehead atoms. The van der Waals surface area contributed by atoms with Crippen LogP contribution in [0.25, 0.3) is 33.3 Å². The normalized spacial score (nSPS) is 14.1. The molecule has 6 heteroatoms. The third-order valence-electron chi connectivity index (χ3n) is 5.53. The molecule has 0 fully saturated rings. The van der Waals surface area contributed by atoms with E-state index in [1.807, 2.05) is 12.3 Å². The molecule has 2 aromatic carbocycles. The molecule has 0 spiro atoms. The molecule has 0 saturated carbocycles. The molecule has 0 saturated heterocycles. The molecular formula is C23H21N3O2S. The van der Waals surface area contributed by atoms with Crippen molar-refractivity contribution < 1.29 is 8.42 Å². The van der Waals surface area contributed by atoms with E-state index in [-0.39, 0.29) is 0 Å². The zero-order valence-corrected chi connectivity index (χ0v) is 16.9. The van der Waals surface area contributed by atoms with Crippen LogP contribution in [0.15, 0.2) is 65.8 Å². The number of nitrogens with one attached hydrogen (secondary N) is 2. The maximum Gasteiger partial charge on any atom is 0.175 e. The summed E-state index contributed by atoms with van der Waals surface area (Å²) < 4.78 is 23.8. The zero-order chi connectivity index (χ0) is 20.0. The number of benzene rings is 2. The third kappa shape index (κ3) is 3.34. The Labute approximate surface area is 169 Å². The van der Waals surface area contributed by atoms with E-state index in [4.69, 9.17) is 0 Å². The second kappa shape index (κ2) is 6.83. The van der Waals surface area contributed by atoms with Gasteiger partial charge in [-0.1, -0.05) is 24.3 Å². The van der Waals surface area contributed by atoms with Crippen LogP contribution in [0.5, 0.6) is 0 Å². The van der Waals surface area contributed by atoms with Crippen molar-refractivity contribution in [2.45, 2.75) is 17.9 Å². The highest BCUT2D eigenvalue weighted by Gasteiger charge is 2.14. The van der Waals surface area contributed by atoms with E-state index in [2.05, 4.69) is 39.6 Å². The first-order valence-corrected chi connectivity index (χ1v) is 11.5. The van der Waals surface area contributed by atoms with Gasteiger partial charge in [0.25, 0.3) is 0 Å². The Morgan fingerprint density at radius 2 is 1.86 bits per heavy atom. The summed E-state index contributed by atoms with van der Waals surface area (Å²) in [5.41, 5.74) is 7.55. The number of pyridine rings is 1. The lowest BCUT2D eigenvalue weighted by Crippen LogP contribution is -2.23. The SMILES string of the molecule is CS(=O)(=O)c1cccc(-c2cnc3[nH]cc(-c4ccc5c(c4)CNCC5)c3c2)c1. The fourth-order valence-corrected chi connectivity index (χ4v) is 4.62. The van der Waals surface area contributed by atoms with Gasteiger partial charge in [-0.3, -0.25) is 0 Å². The molecule has 0 amide bonds. The number of nitrogens with zero attached hydrogens (tertiary/aromatic N) is 1. The Balaban J connectivity index is 1.62. The molecule has 29 heavy (non-hydrogen) atoms. The number of hydrogen-bond acceptors (Lipinski definition) is 4. The van der Waals surface area contributed by atoms with Crippen molar-refractivity contribution in [2.75, 3.05) is 12.8 Å². The van der Waals surface area contributed by atoms with Gasteiger partial charge in [-0.05, 0) is 59.5 Å². The molecule has 1 aliphatic rings. The van der Waals surface area contributed by atoms with Gasteiger partial charge in [-0.25, -0.2) is 13.4 Å². The summed E-state index contributed by atoms with van der Waals surface area (Å²) in [6.45, 7) is 1.92. The first-order valence-electron chi connectivity index (χ1n) is 9.59. The Bertz CT molecular complexity index is 1340. The summed E-state index contributed by atoms with van der Waals surface area (Å²) in [6.07, 6.45) is 6.06. The van der Waals surface area contributed by atoms with Crippen LogP contribution in [-0.2, 0) is 22.8 Å². The number of H-pyrrole nitrogens is 1. The van der Waals surface area contributed by atoms with E-state index in [1.54, 1.807) is 24.4 Å². The quantitative estimate of drug-likeness (QED) is 0.543. The van der Waals surface area contributed by atoms with Gasteiger partial charge in [0.2, 0.25) is 0 Å². The van der Waals surface area contributed by atoms with Gasteiger partial charge in [0.05, 0.1) is 4.90 Å². The molecule has 146 valence electrons. The maximum atomic E-state index is 11.9. The van der Waals surface area contributed by atoms with E-state index in [0.717, 1.165) is 52.8 Å². The molecule has 3 heterocycles. The van der Waals surface area contributed by atoms with Crippen molar-refractivity contribution in [3.8, 4) is 22.3 Å². The lowest BCUT2D eigenvalue weighted by molar-refractivity contribution is 0.602. The predicted octanol–water partition coefficient (Wildman–Crippen LogP) is 3.95. The molecule has 1 aliphatic heterocycles. The number of hydrogen-bond donors (Lipinski definition) is 2. The van der Waals surface area contributed by atoms with Crippen molar-refractivity contribution >= 4 is 20.9 Å². The average molecular weight is 404 g/mol. The van der Waals surface area contributed by atoms with Crippen LogP contribution in [0, 0.1) is 0 Å². The molecule has 2 N–H and O–H groups in total. The molecule has 5 rings (SSSR count). The molecule has 5 nitrogen and oxygen atoms in total. The van der Waals surface area contributed by atoms with Gasteiger partial charge in [0, 0.05) is 41.7 Å². The minimum absolute atomic E-state index is 0.312. The molecule has 2 aromatic heterocycles. The van der Waals surface area contributed by atoms with Gasteiger partial charge in [-0.15, -0.1) is 0 Å². The van der Waals surface area contributed by atoms with Crippen molar-refractivity contribution in [1.82, 2.24) is 15.3 Å². The molecule has 0 aliphatic carbocycles. The fourth-order valence-electron chi connectivity index (χ4n) is 3.95. The first-order chi connectivity index (χ1) is 14.0. The minimum Gasteiger partial charge on any atom is -0.346 e. The van der Waals surface area contributed by atoms with Crippen LogP contribution in [-0.4, -0.2) is 31.2 Å². The summed E-state index contributed by atoms with van der Waals surface area (Å²) in [5, 5.41) is 4.45. The highest BCUT2D eigenvalue weighted by Crippen LogP contribution is 2.33. The van der Waals surface area contributed by atoms with Crippen LogP contribution in [0.3, 0.4) is 0 Å². The van der Waals surface area contributed by atoms with Crippen LogP contribution in [0.4, 0.5) is 0 Å². The monoisotopic (exact) mass is 403 g/mol. The lowest BCUT2D eigenvalue weighted by Gasteiger charge is -2.17. The zero-order valence-electron chi connectivity index (χ0n) is 16.1. The Kier molecular flexibility index (Phi) is 4.26. The number of aromatic amines is 1. The Morgan fingerprint density at radius 3 is 2.72 bits per heavy atom. The van der Waals surface area contributed by atoms with Crippen LogP contribution < -0.4 is 5.32 Å². The van der Waals surface area contributed by atoms with Crippen molar-refractivity contribution in [2.24, 2.45) is 0 Å². The number of fused-ring (bicyclic) bond motifs is 2. The summed E-state index contributed by atoms with van der Waals surface area (Å²) in [5.74, 6) is 0. The second-order valence-electron chi connectivity index (χ2n) is 7.53. The van der Waals surface area contributed by atoms with Crippen molar-refractivity contribution in [1.29, 1.82) is 0 Å². The maximum absolute atomic E-state index is 11.9. The van der Waals surface area contributed by atoms with Gasteiger partial charge in [0.15, 0.2) is 9.84 Å². The summed E-state index contributed by atoms with van der Waals surface area (Å²) >= 11 is 0. The minimum atomic E-state index is -3.26. The van der Waals surface area contributed by atoms with E-state index < -0.39 is 9.84 Å². The van der Waals surface area contributed by atoms with E-state index in [9.17, 15) is 8.42 Å². The molecule has 0 unspecified atom stereocenters. The fraction of sp³-hybridized carbons (Fsp3) is 0.174. The van der Waals surface area contributed by atoms with Crippen molar-refractivity contribution in [3.05, 3.63) is 72.1 Å². The van der Waals surface area contributed by atoms with Crippen LogP contribution in [0.2, 0.25) is 0 Å². The van der Waals surface area contributed by atoms with Crippen LogP contribution >= 0.6 is 0 Å². The topological polar surface area (TPSA) is 74.8 Å². The van der Waals surface area contributed by atoms with E-state index in [0.29, 0.717) is 4.90 Å². The largest absolute Gasteiger partial charge is 0.346 e. The summed E-state index contributed by atoms with van der Waals surface area (Å²) in [6, 6.07) is 15.7. The summed E-state index contributed by atoms with van der Waals surface area (Å²) in [7, 11) is -3.26. The van der Waals surface area contributed by atoms with Gasteiger partial charge >= 0.3 is 0 Å². The smallest absolute Gasteiger partial charge is 0.175 e. The molecule has 0 radical (unpaired) electrons. The van der Waals surface area contributed by atoms with Gasteiger partial charge in [0.1, 0.15) is 5.65 Å². The van der Waals surface area contributed by atoms with Gasteiger partial charge in [-0.2, -0.15) is 0 Å². The van der Waals surface area contributed by atoms with E-state index in [1.165, 1.54) is 17.4 Å². The predicted molar refractivity (Wildman–Crippen MR) is 115 cm³/mol. The highest BCUT2D eigenvalue weighted by atomic mass is 32.2.